The van der Waals surface area contributed by atoms with E-state index in [0.717, 1.165) is 24.9 Å². The van der Waals surface area contributed by atoms with E-state index in [1.54, 1.807) is 20.8 Å². The van der Waals surface area contributed by atoms with Crippen LogP contribution in [0.1, 0.15) is 79.1 Å². The van der Waals surface area contributed by atoms with E-state index >= 15 is 0 Å². The molecule has 14 heteroatoms. The number of hydrogen-bond donors (Lipinski definition) is 1. The van der Waals surface area contributed by atoms with E-state index in [4.69, 9.17) is 15.2 Å². The summed E-state index contributed by atoms with van der Waals surface area (Å²) in [4.78, 5) is 40.7. The number of aromatic nitrogens is 4. The van der Waals surface area contributed by atoms with E-state index in [1.807, 2.05) is 6.26 Å². The van der Waals surface area contributed by atoms with E-state index in [-0.39, 0.29) is 36.4 Å². The maximum absolute atomic E-state index is 11.4. The highest BCUT2D eigenvalue weighted by atomic mass is 32.2. The van der Waals surface area contributed by atoms with Crippen molar-refractivity contribution in [2.75, 3.05) is 52.4 Å². The molecule has 3 rings (SSSR count). The van der Waals surface area contributed by atoms with Gasteiger partial charge in [0.2, 0.25) is 15.0 Å². The number of carbonyl (C=O) groups is 2. The van der Waals surface area contributed by atoms with Crippen LogP contribution in [0.2, 0.25) is 0 Å². The van der Waals surface area contributed by atoms with Gasteiger partial charge in [-0.15, -0.1) is 0 Å². The number of likely N-dealkylation sites (tertiary alicyclic amines) is 1. The van der Waals surface area contributed by atoms with Gasteiger partial charge in [0.25, 0.3) is 0 Å². The van der Waals surface area contributed by atoms with E-state index < -0.39 is 15.8 Å². The number of ether oxygens (including phenoxy) is 2. The van der Waals surface area contributed by atoms with Crippen molar-refractivity contribution in [3.8, 4) is 0 Å². The Balaban J connectivity index is 0.000000603. The standard InChI is InChI=1S/C9H12N2O4S.C9H12N2O2S.C9H20N2.CH4/c1-4-15-8(12)7-5-10-9(11-6(7)2)16(3,13)14;1-4-13-8(12)7-5-10-9(14-3)11-6(7)2;1-11-7-4-9(5-8-11)3-2-6-10;/h5H,4H2,1-3H3;5H,4H2,1-3H3;9H,2-8,10H2,1H3;1H4. The largest absolute Gasteiger partial charge is 0.462 e. The van der Waals surface area contributed by atoms with E-state index in [1.165, 1.54) is 63.7 Å². The number of sulfone groups is 1. The molecule has 1 saturated heterocycles. The Morgan fingerprint density at radius 1 is 1.00 bits per heavy atom. The third-order valence-corrected chi connectivity index (χ3v) is 7.50. The minimum Gasteiger partial charge on any atom is -0.462 e. The number of hydrogen-bond acceptors (Lipinski definition) is 13. The van der Waals surface area contributed by atoms with Gasteiger partial charge in [0.1, 0.15) is 0 Å². The first kappa shape index (κ1) is 39.3. The number of nitrogens with zero attached hydrogens (tertiary/aromatic N) is 5. The lowest BCUT2D eigenvalue weighted by Gasteiger charge is -2.28. The van der Waals surface area contributed by atoms with Gasteiger partial charge in [-0.1, -0.05) is 19.2 Å². The van der Waals surface area contributed by atoms with E-state index in [2.05, 4.69) is 31.9 Å². The highest BCUT2D eigenvalue weighted by Crippen LogP contribution is 2.20. The van der Waals surface area contributed by atoms with Crippen molar-refractivity contribution in [2.24, 2.45) is 11.7 Å². The summed E-state index contributed by atoms with van der Waals surface area (Å²) in [6.07, 6.45) is 10.9. The molecule has 0 bridgehead atoms. The number of thioether (sulfide) groups is 1. The molecule has 238 valence electrons. The van der Waals surface area contributed by atoms with Gasteiger partial charge in [0, 0.05) is 18.6 Å². The Kier molecular flexibility index (Phi) is 19.0. The first-order valence-corrected chi connectivity index (χ1v) is 16.6. The molecule has 0 aromatic carbocycles. The average Bonchev–Trinajstić information content (AvgIpc) is 2.93. The molecule has 0 unspecified atom stereocenters. The van der Waals surface area contributed by atoms with Crippen molar-refractivity contribution in [3.63, 3.8) is 0 Å². The second kappa shape index (κ2) is 20.3. The van der Waals surface area contributed by atoms with Gasteiger partial charge in [0.05, 0.1) is 35.7 Å². The second-order valence-electron chi connectivity index (χ2n) is 9.40. The van der Waals surface area contributed by atoms with Crippen LogP contribution in [0, 0.1) is 19.8 Å². The molecule has 0 aliphatic carbocycles. The van der Waals surface area contributed by atoms with E-state index in [0.29, 0.717) is 23.0 Å². The van der Waals surface area contributed by atoms with Gasteiger partial charge >= 0.3 is 11.9 Å². The first-order valence-electron chi connectivity index (χ1n) is 13.5. The molecular weight excluding hydrogens is 580 g/mol. The van der Waals surface area contributed by atoms with Crippen molar-refractivity contribution in [2.45, 2.75) is 71.1 Å². The minimum atomic E-state index is -3.45. The second-order valence-corrected chi connectivity index (χ2v) is 12.1. The van der Waals surface area contributed by atoms with Gasteiger partial charge in [-0.3, -0.25) is 0 Å². The molecular formula is C28H48N6O6S2. The molecule has 0 amide bonds. The van der Waals surface area contributed by atoms with Crippen molar-refractivity contribution in [1.29, 1.82) is 0 Å². The Labute approximate surface area is 255 Å². The molecule has 1 fully saturated rings. The molecule has 1 aliphatic rings. The summed E-state index contributed by atoms with van der Waals surface area (Å²) >= 11 is 1.44. The maximum Gasteiger partial charge on any atom is 0.341 e. The molecule has 0 saturated carbocycles. The van der Waals surface area contributed by atoms with Crippen LogP contribution in [0.3, 0.4) is 0 Å². The number of rotatable bonds is 9. The predicted molar refractivity (Wildman–Crippen MR) is 166 cm³/mol. The smallest absolute Gasteiger partial charge is 0.341 e. The van der Waals surface area contributed by atoms with Gasteiger partial charge in [0.15, 0.2) is 5.16 Å². The lowest BCUT2D eigenvalue weighted by atomic mass is 9.92. The minimum absolute atomic E-state index is 0. The monoisotopic (exact) mass is 628 g/mol. The number of piperidine rings is 1. The molecule has 3 heterocycles. The first-order chi connectivity index (χ1) is 19.4. The molecule has 1 aliphatic heterocycles. The van der Waals surface area contributed by atoms with Crippen LogP contribution >= 0.6 is 11.8 Å². The van der Waals surface area contributed by atoms with Crippen LogP contribution in [-0.2, 0) is 19.3 Å². The molecule has 2 N–H and O–H groups in total. The Morgan fingerprint density at radius 3 is 1.90 bits per heavy atom. The topological polar surface area (TPSA) is 168 Å². The van der Waals surface area contributed by atoms with Crippen molar-refractivity contribution in [3.05, 3.63) is 34.9 Å². The summed E-state index contributed by atoms with van der Waals surface area (Å²) in [6, 6.07) is 0. The summed E-state index contributed by atoms with van der Waals surface area (Å²) in [5, 5.41) is 0.369. The highest BCUT2D eigenvalue weighted by molar-refractivity contribution is 7.98. The lowest BCUT2D eigenvalue weighted by molar-refractivity contribution is 0.0514. The van der Waals surface area contributed by atoms with Crippen LogP contribution in [-0.4, -0.2) is 97.6 Å². The van der Waals surface area contributed by atoms with Crippen molar-refractivity contribution in [1.82, 2.24) is 24.8 Å². The number of carbonyl (C=O) groups excluding carboxylic acids is 2. The fourth-order valence-corrected chi connectivity index (χ4v) is 4.68. The fraction of sp³-hybridized carbons (Fsp3) is 0.643. The molecule has 0 atom stereocenters. The summed E-state index contributed by atoms with van der Waals surface area (Å²) < 4.78 is 31.9. The zero-order chi connectivity index (χ0) is 31.0. The zero-order valence-electron chi connectivity index (χ0n) is 25.2. The molecule has 42 heavy (non-hydrogen) atoms. The van der Waals surface area contributed by atoms with Crippen LogP contribution in [0.5, 0.6) is 0 Å². The molecule has 12 nitrogen and oxygen atoms in total. The molecule has 2 aromatic rings. The van der Waals surface area contributed by atoms with Gasteiger partial charge in [-0.2, -0.15) is 0 Å². The average molecular weight is 629 g/mol. The summed E-state index contributed by atoms with van der Waals surface area (Å²) in [7, 11) is -1.25. The Morgan fingerprint density at radius 2 is 1.50 bits per heavy atom. The quantitative estimate of drug-likeness (QED) is 0.242. The number of aryl methyl sites for hydroxylation is 2. The Bertz CT molecular complexity index is 1220. The Hall–Kier alpha value is -2.68. The third kappa shape index (κ3) is 14.0. The zero-order valence-corrected chi connectivity index (χ0v) is 26.8. The third-order valence-electron chi connectivity index (χ3n) is 6.07. The SMILES string of the molecule is C.CCOC(=O)c1cnc(S(C)(=O)=O)nc1C.CCOC(=O)c1cnc(SC)nc1C.CN1CCC(CCCN)CC1. The van der Waals surface area contributed by atoms with Gasteiger partial charge in [-0.25, -0.2) is 37.9 Å². The fourth-order valence-electron chi connectivity index (χ4n) is 3.74. The number of nitrogens with two attached hydrogens (primary N) is 1. The van der Waals surface area contributed by atoms with E-state index in [9.17, 15) is 18.0 Å². The summed E-state index contributed by atoms with van der Waals surface area (Å²) in [6.45, 7) is 10.8. The number of esters is 2. The summed E-state index contributed by atoms with van der Waals surface area (Å²) in [5.41, 5.74) is 7.01. The van der Waals surface area contributed by atoms with Gasteiger partial charge < -0.3 is 20.1 Å². The van der Waals surface area contributed by atoms with Crippen LogP contribution in [0.15, 0.2) is 22.7 Å². The highest BCUT2D eigenvalue weighted by Gasteiger charge is 2.17. The van der Waals surface area contributed by atoms with Crippen molar-refractivity contribution >= 4 is 33.5 Å². The molecule has 0 spiro atoms. The van der Waals surface area contributed by atoms with Gasteiger partial charge in [-0.05, 0) is 92.2 Å². The van der Waals surface area contributed by atoms with Crippen molar-refractivity contribution < 1.29 is 27.5 Å². The molecule has 2 aromatic heterocycles. The van der Waals surface area contributed by atoms with Crippen LogP contribution < -0.4 is 5.73 Å². The normalized spacial score (nSPS) is 13.4. The summed E-state index contributed by atoms with van der Waals surface area (Å²) in [5.74, 6) is 0.0486. The maximum atomic E-state index is 11.4. The lowest BCUT2D eigenvalue weighted by Crippen LogP contribution is -2.30. The van der Waals surface area contributed by atoms with Crippen LogP contribution in [0.4, 0.5) is 0 Å². The van der Waals surface area contributed by atoms with Crippen LogP contribution in [0.25, 0.3) is 0 Å². The predicted octanol–water partition coefficient (Wildman–Crippen LogP) is 3.75. The molecule has 0 radical (unpaired) electrons.